The number of aliphatic imine (C=N–C) groups is 1. The van der Waals surface area contributed by atoms with E-state index in [9.17, 15) is 12.8 Å². The zero-order chi connectivity index (χ0) is 11.9. The minimum absolute atomic E-state index is 0.0249. The van der Waals surface area contributed by atoms with E-state index in [1.807, 2.05) is 0 Å². The highest BCUT2D eigenvalue weighted by Crippen LogP contribution is 2.33. The molecule has 0 saturated carbocycles. The molecule has 2 N–H and O–H groups in total. The standard InChI is InChI=1S/C8H10FN3O2S2/c1-4(2)10-8-11-6-5(9)3-15-7(6)16(13,14)12-8/h3-4H,1-2H3,(H2,10,11,12). The third kappa shape index (κ3) is 1.90. The number of hydrogen-bond acceptors (Lipinski definition) is 4. The second-order valence-corrected chi connectivity index (χ2v) is 6.31. The fourth-order valence-corrected chi connectivity index (χ4v) is 3.50. The van der Waals surface area contributed by atoms with E-state index in [0.29, 0.717) is 0 Å². The molecule has 0 amide bonds. The minimum atomic E-state index is -3.68. The van der Waals surface area contributed by atoms with Crippen LogP contribution in [-0.2, 0) is 10.0 Å². The largest absolute Gasteiger partial charge is 0.321 e. The van der Waals surface area contributed by atoms with Crippen LogP contribution < -0.4 is 10.0 Å². The van der Waals surface area contributed by atoms with E-state index in [1.165, 1.54) is 0 Å². The maximum atomic E-state index is 13.3. The number of anilines is 1. The van der Waals surface area contributed by atoms with E-state index in [1.54, 1.807) is 13.8 Å². The predicted octanol–water partition coefficient (Wildman–Crippen LogP) is 1.36. The van der Waals surface area contributed by atoms with E-state index >= 15 is 0 Å². The van der Waals surface area contributed by atoms with Crippen LogP contribution in [0.4, 0.5) is 10.1 Å². The summed E-state index contributed by atoms with van der Waals surface area (Å²) >= 11 is 0.837. The highest BCUT2D eigenvalue weighted by Gasteiger charge is 2.31. The number of thiophene rings is 1. The number of sulfonamides is 1. The summed E-state index contributed by atoms with van der Waals surface area (Å²) in [5.41, 5.74) is -0.0249. The Morgan fingerprint density at radius 2 is 2.19 bits per heavy atom. The van der Waals surface area contributed by atoms with Gasteiger partial charge < -0.3 is 5.32 Å². The summed E-state index contributed by atoms with van der Waals surface area (Å²) in [6.45, 7) is 3.59. The van der Waals surface area contributed by atoms with E-state index in [4.69, 9.17) is 0 Å². The molecule has 0 radical (unpaired) electrons. The Labute approximate surface area is 96.4 Å². The quantitative estimate of drug-likeness (QED) is 0.803. The third-order valence-corrected chi connectivity index (χ3v) is 4.66. The molecule has 0 bridgehead atoms. The van der Waals surface area contributed by atoms with Gasteiger partial charge in [0.2, 0.25) is 5.96 Å². The monoisotopic (exact) mass is 263 g/mol. The van der Waals surface area contributed by atoms with Crippen molar-refractivity contribution in [3.63, 3.8) is 0 Å². The number of hydrogen-bond donors (Lipinski definition) is 2. The molecule has 1 aliphatic heterocycles. The lowest BCUT2D eigenvalue weighted by atomic mass is 10.4. The molecule has 88 valence electrons. The van der Waals surface area contributed by atoms with Crippen LogP contribution in [0.5, 0.6) is 0 Å². The van der Waals surface area contributed by atoms with Gasteiger partial charge in [-0.2, -0.15) is 0 Å². The molecule has 0 aromatic carbocycles. The van der Waals surface area contributed by atoms with Gasteiger partial charge in [0.05, 0.1) is 0 Å². The van der Waals surface area contributed by atoms with E-state index < -0.39 is 15.8 Å². The average Bonchev–Trinajstić information content (AvgIpc) is 2.46. The predicted molar refractivity (Wildman–Crippen MR) is 60.8 cm³/mol. The van der Waals surface area contributed by atoms with E-state index in [0.717, 1.165) is 16.7 Å². The Morgan fingerprint density at radius 1 is 1.50 bits per heavy atom. The first-order valence-electron chi connectivity index (χ1n) is 4.55. The molecule has 1 aromatic rings. The smallest absolute Gasteiger partial charge is 0.275 e. The molecule has 0 spiro atoms. The lowest BCUT2D eigenvalue weighted by molar-refractivity contribution is 0.591. The maximum absolute atomic E-state index is 13.3. The molecular formula is C8H10FN3O2S2. The average molecular weight is 263 g/mol. The Morgan fingerprint density at radius 3 is 2.81 bits per heavy atom. The zero-order valence-corrected chi connectivity index (χ0v) is 10.2. The van der Waals surface area contributed by atoms with Crippen LogP contribution in [-0.4, -0.2) is 20.4 Å². The summed E-state index contributed by atoms with van der Waals surface area (Å²) in [6, 6.07) is -0.0894. The van der Waals surface area contributed by atoms with Gasteiger partial charge >= 0.3 is 0 Å². The maximum Gasteiger partial charge on any atom is 0.275 e. The fourth-order valence-electron chi connectivity index (χ4n) is 1.26. The Hall–Kier alpha value is -1.15. The van der Waals surface area contributed by atoms with Gasteiger partial charge in [0.1, 0.15) is 5.69 Å². The van der Waals surface area contributed by atoms with Gasteiger partial charge in [-0.05, 0) is 13.8 Å². The third-order valence-electron chi connectivity index (χ3n) is 1.82. The minimum Gasteiger partial charge on any atom is -0.321 e. The summed E-state index contributed by atoms with van der Waals surface area (Å²) in [5.74, 6) is -0.527. The SMILES string of the molecule is CC(C)N=C1Nc2c(F)csc2S(=O)(=O)N1. The first-order valence-corrected chi connectivity index (χ1v) is 6.91. The van der Waals surface area contributed by atoms with Gasteiger partial charge in [0, 0.05) is 11.4 Å². The van der Waals surface area contributed by atoms with Crippen LogP contribution in [0.1, 0.15) is 13.8 Å². The van der Waals surface area contributed by atoms with Crippen molar-refractivity contribution in [2.45, 2.75) is 24.1 Å². The molecule has 1 aromatic heterocycles. The molecule has 0 unspecified atom stereocenters. The van der Waals surface area contributed by atoms with E-state index in [-0.39, 0.29) is 21.9 Å². The van der Waals surface area contributed by atoms with Crippen molar-refractivity contribution >= 4 is 33.0 Å². The molecule has 1 aliphatic rings. The fraction of sp³-hybridized carbons (Fsp3) is 0.375. The Balaban J connectivity index is 2.51. The number of rotatable bonds is 1. The number of fused-ring (bicyclic) bond motifs is 1. The van der Waals surface area contributed by atoms with Crippen molar-refractivity contribution in [2.24, 2.45) is 4.99 Å². The van der Waals surface area contributed by atoms with Crippen molar-refractivity contribution < 1.29 is 12.8 Å². The highest BCUT2D eigenvalue weighted by atomic mass is 32.2. The molecule has 2 heterocycles. The van der Waals surface area contributed by atoms with Crippen molar-refractivity contribution in [2.75, 3.05) is 5.32 Å². The molecule has 5 nitrogen and oxygen atoms in total. The van der Waals surface area contributed by atoms with Crippen molar-refractivity contribution in [3.05, 3.63) is 11.2 Å². The summed E-state index contributed by atoms with van der Waals surface area (Å²) in [7, 11) is -3.68. The number of nitrogens with one attached hydrogen (secondary N) is 2. The molecule has 2 rings (SSSR count). The van der Waals surface area contributed by atoms with Crippen LogP contribution in [0.15, 0.2) is 14.6 Å². The highest BCUT2D eigenvalue weighted by molar-refractivity contribution is 7.92. The summed E-state index contributed by atoms with van der Waals surface area (Å²) < 4.78 is 38.9. The van der Waals surface area contributed by atoms with Crippen LogP contribution in [0.2, 0.25) is 0 Å². The van der Waals surface area contributed by atoms with Gasteiger partial charge in [-0.15, -0.1) is 11.3 Å². The molecule has 0 saturated heterocycles. The molecular weight excluding hydrogens is 253 g/mol. The van der Waals surface area contributed by atoms with Crippen LogP contribution in [0.25, 0.3) is 0 Å². The first kappa shape index (κ1) is 11.3. The normalized spacial score (nSPS) is 20.4. The number of halogens is 1. The Kier molecular flexibility index (Phi) is 2.62. The second kappa shape index (κ2) is 3.70. The van der Waals surface area contributed by atoms with Crippen molar-refractivity contribution in [1.82, 2.24) is 4.72 Å². The molecule has 0 fully saturated rings. The van der Waals surface area contributed by atoms with Gasteiger partial charge in [0.25, 0.3) is 10.0 Å². The lowest BCUT2D eigenvalue weighted by Crippen LogP contribution is -2.40. The van der Waals surface area contributed by atoms with Crippen molar-refractivity contribution in [3.8, 4) is 0 Å². The second-order valence-electron chi connectivity index (χ2n) is 3.55. The lowest BCUT2D eigenvalue weighted by Gasteiger charge is -2.18. The molecule has 8 heteroatoms. The van der Waals surface area contributed by atoms with Gasteiger partial charge in [-0.1, -0.05) is 0 Å². The van der Waals surface area contributed by atoms with E-state index in [2.05, 4.69) is 15.0 Å². The van der Waals surface area contributed by atoms with Crippen LogP contribution in [0.3, 0.4) is 0 Å². The Bertz CT molecular complexity index is 548. The zero-order valence-electron chi connectivity index (χ0n) is 8.61. The molecule has 0 aliphatic carbocycles. The summed E-state index contributed by atoms with van der Waals surface area (Å²) in [5, 5.41) is 3.78. The summed E-state index contributed by atoms with van der Waals surface area (Å²) in [4.78, 5) is 4.00. The molecule has 16 heavy (non-hydrogen) atoms. The van der Waals surface area contributed by atoms with Crippen molar-refractivity contribution in [1.29, 1.82) is 0 Å². The van der Waals surface area contributed by atoms with Gasteiger partial charge in [-0.3, -0.25) is 0 Å². The number of nitrogens with zero attached hydrogens (tertiary/aromatic N) is 1. The topological polar surface area (TPSA) is 70.6 Å². The molecule has 0 atom stereocenters. The van der Waals surface area contributed by atoms with Gasteiger partial charge in [0.15, 0.2) is 10.0 Å². The van der Waals surface area contributed by atoms with Crippen LogP contribution in [0, 0.1) is 5.82 Å². The number of guanidine groups is 1. The first-order chi connectivity index (χ1) is 7.40. The van der Waals surface area contributed by atoms with Crippen LogP contribution >= 0.6 is 11.3 Å². The summed E-state index contributed by atoms with van der Waals surface area (Å²) in [6.07, 6.45) is 0. The van der Waals surface area contributed by atoms with Gasteiger partial charge in [-0.25, -0.2) is 22.5 Å².